The lowest BCUT2D eigenvalue weighted by molar-refractivity contribution is -0.762. The molecule has 7 heteroatoms. The summed E-state index contributed by atoms with van der Waals surface area (Å²) in [5.74, 6) is -0.0773. The number of nitrogens with zero attached hydrogens (tertiary/aromatic N) is 4. The fourth-order valence-electron chi connectivity index (χ4n) is 1.02. The van der Waals surface area contributed by atoms with Gasteiger partial charge in [0.25, 0.3) is 0 Å². The molecule has 0 saturated carbocycles. The Hall–Kier alpha value is -1.66. The maximum atomic E-state index is 9.98. The maximum Gasteiger partial charge on any atom is 0.227 e. The molecule has 0 aliphatic heterocycles. The fraction of sp³-hybridized carbons (Fsp3) is 0.714. The smallest absolute Gasteiger partial charge is 0.227 e. The van der Waals surface area contributed by atoms with Gasteiger partial charge in [-0.15, -0.1) is 0 Å². The highest BCUT2D eigenvalue weighted by Crippen LogP contribution is 2.12. The lowest BCUT2D eigenvalue weighted by atomic mass is 10.2. The second-order valence-electron chi connectivity index (χ2n) is 2.85. The first-order valence-corrected chi connectivity index (χ1v) is 4.45. The fourth-order valence-corrected chi connectivity index (χ4v) is 1.02. The van der Waals surface area contributed by atoms with E-state index in [1.165, 1.54) is 10.9 Å². The molecule has 0 radical (unpaired) electrons. The minimum atomic E-state index is -0.809. The number of rotatable bonds is 6. The molecule has 1 rings (SSSR count). The van der Waals surface area contributed by atoms with Gasteiger partial charge in [0.15, 0.2) is 17.7 Å². The highest BCUT2D eigenvalue weighted by Gasteiger charge is 2.06. The molecule has 7 nitrogen and oxygen atoms in total. The van der Waals surface area contributed by atoms with Gasteiger partial charge in [0, 0.05) is 6.42 Å². The molecule has 0 aliphatic rings. The average molecular weight is 200 g/mol. The maximum absolute atomic E-state index is 9.98. The average Bonchev–Trinajstić information content (AvgIpc) is 2.52. The summed E-state index contributed by atoms with van der Waals surface area (Å²) >= 11 is 0. The summed E-state index contributed by atoms with van der Waals surface area (Å²) in [5, 5.41) is 12.8. The molecule has 0 aromatic carbocycles. The molecule has 0 N–H and O–H groups in total. The van der Waals surface area contributed by atoms with E-state index in [1.54, 1.807) is 0 Å². The summed E-state index contributed by atoms with van der Waals surface area (Å²) in [6, 6.07) is 0. The van der Waals surface area contributed by atoms with E-state index in [4.69, 9.17) is 0 Å². The number of unbranched alkanes of at least 4 members (excludes halogenated alkanes) is 2. The van der Waals surface area contributed by atoms with Gasteiger partial charge in [-0.05, 0) is 11.5 Å². The Balaban J connectivity index is 2.38. The van der Waals surface area contributed by atoms with Crippen molar-refractivity contribution in [2.75, 3.05) is 0 Å². The minimum absolute atomic E-state index is 0.0773. The third-order valence-electron chi connectivity index (χ3n) is 1.67. The molecular formula is C7H12N4O3. The highest BCUT2D eigenvalue weighted by molar-refractivity contribution is 5.24. The van der Waals surface area contributed by atoms with Crippen LogP contribution in [-0.4, -0.2) is 10.3 Å². The topological polar surface area (TPSA) is 87.2 Å². The van der Waals surface area contributed by atoms with E-state index < -0.39 is 5.03 Å². The second kappa shape index (κ2) is 5.15. The molecular weight excluding hydrogens is 188 g/mol. The van der Waals surface area contributed by atoms with Crippen molar-refractivity contribution in [2.24, 2.45) is 0 Å². The molecule has 0 bridgehead atoms. The first-order chi connectivity index (χ1) is 6.72. The Morgan fingerprint density at radius 2 is 2.50 bits per heavy atom. The van der Waals surface area contributed by atoms with Crippen LogP contribution in [0.5, 0.6) is 0 Å². The van der Waals surface area contributed by atoms with Crippen LogP contribution in [0.3, 0.4) is 0 Å². The molecule has 78 valence electrons. The van der Waals surface area contributed by atoms with Gasteiger partial charge < -0.3 is 9.95 Å². The van der Waals surface area contributed by atoms with E-state index >= 15 is 0 Å². The summed E-state index contributed by atoms with van der Waals surface area (Å²) in [4.78, 5) is 9.98. The number of hydrogen-bond donors (Lipinski definition) is 0. The largest absolute Gasteiger partial charge is 0.320 e. The van der Waals surface area contributed by atoms with Crippen molar-refractivity contribution in [3.05, 3.63) is 21.7 Å². The lowest BCUT2D eigenvalue weighted by Gasteiger charge is -1.97. The Bertz CT molecular complexity index is 299. The number of aromatic nitrogens is 2. The third kappa shape index (κ3) is 3.38. The summed E-state index contributed by atoms with van der Waals surface area (Å²) < 4.78 is 6.12. The summed E-state index contributed by atoms with van der Waals surface area (Å²) in [5.41, 5.74) is 2.98. The van der Waals surface area contributed by atoms with E-state index in [0.717, 1.165) is 19.3 Å². The molecule has 14 heavy (non-hydrogen) atoms. The van der Waals surface area contributed by atoms with Gasteiger partial charge in [0.05, 0.1) is 0 Å². The summed E-state index contributed by atoms with van der Waals surface area (Å²) in [6.07, 6.45) is 4.61. The molecule has 0 aliphatic carbocycles. The molecule has 0 spiro atoms. The van der Waals surface area contributed by atoms with E-state index in [-0.39, 0.29) is 5.88 Å². The van der Waals surface area contributed by atoms with E-state index in [2.05, 4.69) is 22.1 Å². The predicted molar refractivity (Wildman–Crippen MR) is 46.2 cm³/mol. The van der Waals surface area contributed by atoms with Gasteiger partial charge in [-0.3, -0.25) is 10.1 Å². The van der Waals surface area contributed by atoms with Crippen LogP contribution in [0.2, 0.25) is 0 Å². The normalized spacial score (nSPS) is 10.1. The SMILES string of the molecule is CCCCC[n+]1cc([N-][N+](=O)[O-])on1. The Labute approximate surface area is 80.8 Å². The highest BCUT2D eigenvalue weighted by atomic mass is 16.7. The van der Waals surface area contributed by atoms with Crippen LogP contribution in [0, 0.1) is 10.1 Å². The van der Waals surface area contributed by atoms with Gasteiger partial charge in [0.1, 0.15) is 0 Å². The van der Waals surface area contributed by atoms with Crippen LogP contribution in [-0.2, 0) is 6.54 Å². The first-order valence-electron chi connectivity index (χ1n) is 4.45. The van der Waals surface area contributed by atoms with Crippen LogP contribution < -0.4 is 4.68 Å². The quantitative estimate of drug-likeness (QED) is 0.300. The Kier molecular flexibility index (Phi) is 3.84. The minimum Gasteiger partial charge on any atom is -0.320 e. The molecule has 0 amide bonds. The molecule has 1 aromatic rings. The van der Waals surface area contributed by atoms with Gasteiger partial charge in [-0.25, -0.2) is 0 Å². The second-order valence-corrected chi connectivity index (χ2v) is 2.85. The van der Waals surface area contributed by atoms with Crippen LogP contribution in [0.15, 0.2) is 10.7 Å². The summed E-state index contributed by atoms with van der Waals surface area (Å²) in [6.45, 7) is 2.80. The van der Waals surface area contributed by atoms with Gasteiger partial charge in [0.2, 0.25) is 6.20 Å². The van der Waals surface area contributed by atoms with Gasteiger partial charge >= 0.3 is 0 Å². The van der Waals surface area contributed by atoms with E-state index in [0.29, 0.717) is 6.54 Å². The molecule has 1 aromatic heterocycles. The van der Waals surface area contributed by atoms with Crippen LogP contribution >= 0.6 is 0 Å². The Morgan fingerprint density at radius 1 is 1.71 bits per heavy atom. The van der Waals surface area contributed by atoms with Crippen molar-refractivity contribution < 1.29 is 14.2 Å². The zero-order chi connectivity index (χ0) is 10.4. The Morgan fingerprint density at radius 3 is 3.14 bits per heavy atom. The molecule has 0 fully saturated rings. The van der Waals surface area contributed by atoms with Crippen LogP contribution in [0.1, 0.15) is 26.2 Å². The molecule has 1 heterocycles. The zero-order valence-corrected chi connectivity index (χ0v) is 7.92. The third-order valence-corrected chi connectivity index (χ3v) is 1.67. The van der Waals surface area contributed by atoms with E-state index in [9.17, 15) is 10.1 Å². The number of aryl methyl sites for hydroxylation is 1. The van der Waals surface area contributed by atoms with E-state index in [1.807, 2.05) is 0 Å². The summed E-state index contributed by atoms with van der Waals surface area (Å²) in [7, 11) is 0. The predicted octanol–water partition coefficient (Wildman–Crippen LogP) is 1.35. The van der Waals surface area contributed by atoms with Gasteiger partial charge in [-0.2, -0.15) is 0 Å². The van der Waals surface area contributed by atoms with Gasteiger partial charge in [-0.1, -0.05) is 18.0 Å². The molecule has 0 saturated heterocycles. The van der Waals surface area contributed by atoms with Crippen molar-refractivity contribution in [1.29, 1.82) is 0 Å². The first kappa shape index (κ1) is 10.4. The van der Waals surface area contributed by atoms with Crippen LogP contribution in [0.4, 0.5) is 5.88 Å². The van der Waals surface area contributed by atoms with Crippen molar-refractivity contribution in [3.8, 4) is 0 Å². The van der Waals surface area contributed by atoms with Crippen LogP contribution in [0.25, 0.3) is 5.43 Å². The number of nitro groups is 1. The lowest BCUT2D eigenvalue weighted by Crippen LogP contribution is -2.34. The number of hydrogen-bond acceptors (Lipinski definition) is 4. The van der Waals surface area contributed by atoms with Crippen molar-refractivity contribution in [1.82, 2.24) is 5.27 Å². The van der Waals surface area contributed by atoms with Crippen molar-refractivity contribution in [3.63, 3.8) is 0 Å². The van der Waals surface area contributed by atoms with Crippen molar-refractivity contribution in [2.45, 2.75) is 32.7 Å². The molecule has 0 atom stereocenters. The standard InChI is InChI=1S/C7H12N4O3/c1-2-3-4-5-10-6-7(14-9-10)8-11(12)13/h6H,2-5H2,1H3. The monoisotopic (exact) mass is 200 g/mol. The zero-order valence-electron chi connectivity index (χ0n) is 7.92. The molecule has 0 unspecified atom stereocenters. The van der Waals surface area contributed by atoms with Crippen molar-refractivity contribution >= 4 is 5.88 Å².